The molecule has 0 spiro atoms. The summed E-state index contributed by atoms with van der Waals surface area (Å²) in [5, 5.41) is 0.780. The molecule has 1 saturated heterocycles. The lowest BCUT2D eigenvalue weighted by Gasteiger charge is -2.42. The molecule has 0 radical (unpaired) electrons. The molecule has 1 aromatic heterocycles. The fourth-order valence-electron chi connectivity index (χ4n) is 2.32. The molecule has 5 nitrogen and oxygen atoms in total. The molecule has 0 bridgehead atoms. The van der Waals surface area contributed by atoms with Gasteiger partial charge < -0.3 is 4.74 Å². The van der Waals surface area contributed by atoms with E-state index in [0.29, 0.717) is 29.7 Å². The van der Waals surface area contributed by atoms with Crippen LogP contribution in [0.5, 0.6) is 0 Å². The predicted octanol–water partition coefficient (Wildman–Crippen LogP) is 1.95. The first kappa shape index (κ1) is 14.9. The minimum Gasteiger partial charge on any atom is -0.378 e. The standard InChI is InChI=1S/C12H20N2O3S2/c1-5-12(4)8-17-7-6-14(12)19(15,16)11-9(2)13-10(3)18-11/h5-8H2,1-4H3. The Morgan fingerprint density at radius 3 is 2.68 bits per heavy atom. The van der Waals surface area contributed by atoms with Crippen molar-refractivity contribution in [2.75, 3.05) is 19.8 Å². The molecule has 108 valence electrons. The van der Waals surface area contributed by atoms with Crippen molar-refractivity contribution in [3.63, 3.8) is 0 Å². The molecule has 1 aromatic rings. The second-order valence-corrected chi connectivity index (χ2v) is 8.35. The summed E-state index contributed by atoms with van der Waals surface area (Å²) in [6, 6.07) is 0. The predicted molar refractivity (Wildman–Crippen MR) is 75.0 cm³/mol. The summed E-state index contributed by atoms with van der Waals surface area (Å²) in [7, 11) is -3.48. The van der Waals surface area contributed by atoms with E-state index in [2.05, 4.69) is 4.98 Å². The quantitative estimate of drug-likeness (QED) is 0.856. The van der Waals surface area contributed by atoms with Crippen LogP contribution < -0.4 is 0 Å². The number of nitrogens with zero attached hydrogens (tertiary/aromatic N) is 2. The number of morpholine rings is 1. The minimum absolute atomic E-state index is 0.367. The molecule has 0 amide bonds. The molecule has 0 aliphatic carbocycles. The summed E-state index contributed by atoms with van der Waals surface area (Å²) >= 11 is 1.24. The van der Waals surface area contributed by atoms with Gasteiger partial charge in [-0.05, 0) is 27.2 Å². The highest BCUT2D eigenvalue weighted by Crippen LogP contribution is 2.33. The van der Waals surface area contributed by atoms with E-state index in [0.717, 1.165) is 11.4 Å². The Kier molecular flexibility index (Phi) is 4.02. The Balaban J connectivity index is 2.46. The molecule has 1 aliphatic rings. The van der Waals surface area contributed by atoms with E-state index in [9.17, 15) is 8.42 Å². The normalized spacial score (nSPS) is 25.7. The lowest BCUT2D eigenvalue weighted by Crippen LogP contribution is -2.56. The maximum absolute atomic E-state index is 12.8. The third-order valence-corrected chi connectivity index (χ3v) is 7.32. The van der Waals surface area contributed by atoms with Gasteiger partial charge in [0.05, 0.1) is 29.5 Å². The number of hydrogen-bond acceptors (Lipinski definition) is 5. The number of thiazole rings is 1. The van der Waals surface area contributed by atoms with Crippen LogP contribution in [-0.2, 0) is 14.8 Å². The lowest BCUT2D eigenvalue weighted by molar-refractivity contribution is -0.0185. The summed E-state index contributed by atoms with van der Waals surface area (Å²) < 4.78 is 33.1. The van der Waals surface area contributed by atoms with E-state index in [-0.39, 0.29) is 0 Å². The van der Waals surface area contributed by atoms with Crippen LogP contribution in [0.1, 0.15) is 31.0 Å². The first-order chi connectivity index (χ1) is 8.81. The number of aromatic nitrogens is 1. The van der Waals surface area contributed by atoms with Crippen molar-refractivity contribution in [3.8, 4) is 0 Å². The zero-order valence-corrected chi connectivity index (χ0v) is 13.4. The van der Waals surface area contributed by atoms with Crippen LogP contribution >= 0.6 is 11.3 Å². The van der Waals surface area contributed by atoms with Gasteiger partial charge in [0.2, 0.25) is 0 Å². The van der Waals surface area contributed by atoms with E-state index in [1.807, 2.05) is 20.8 Å². The van der Waals surface area contributed by atoms with Crippen molar-refractivity contribution in [3.05, 3.63) is 10.7 Å². The number of sulfonamides is 1. The van der Waals surface area contributed by atoms with Crippen molar-refractivity contribution in [2.24, 2.45) is 0 Å². The highest BCUT2D eigenvalue weighted by atomic mass is 32.2. The molecule has 2 heterocycles. The van der Waals surface area contributed by atoms with Gasteiger partial charge in [-0.15, -0.1) is 11.3 Å². The molecule has 1 aliphatic heterocycles. The van der Waals surface area contributed by atoms with Crippen molar-refractivity contribution < 1.29 is 13.2 Å². The molecular formula is C12H20N2O3S2. The molecule has 2 rings (SSSR count). The first-order valence-electron chi connectivity index (χ1n) is 6.36. The van der Waals surface area contributed by atoms with Crippen molar-refractivity contribution >= 4 is 21.4 Å². The van der Waals surface area contributed by atoms with Crippen LogP contribution in [0.2, 0.25) is 0 Å². The maximum Gasteiger partial charge on any atom is 0.255 e. The van der Waals surface area contributed by atoms with Crippen LogP contribution in [0.3, 0.4) is 0 Å². The van der Waals surface area contributed by atoms with Crippen LogP contribution in [0.25, 0.3) is 0 Å². The van der Waals surface area contributed by atoms with Gasteiger partial charge in [-0.3, -0.25) is 0 Å². The Morgan fingerprint density at radius 2 is 2.16 bits per heavy atom. The van der Waals surface area contributed by atoms with E-state index in [1.165, 1.54) is 11.3 Å². The summed E-state index contributed by atoms with van der Waals surface area (Å²) in [4.78, 5) is 4.23. The Labute approximate surface area is 118 Å². The SMILES string of the molecule is CCC1(C)COCCN1S(=O)(=O)c1sc(C)nc1C. The van der Waals surface area contributed by atoms with Crippen LogP contribution in [-0.4, -0.2) is 43.0 Å². The van der Waals surface area contributed by atoms with E-state index >= 15 is 0 Å². The van der Waals surface area contributed by atoms with Crippen molar-refractivity contribution in [2.45, 2.75) is 43.9 Å². The van der Waals surface area contributed by atoms with E-state index in [1.54, 1.807) is 11.2 Å². The van der Waals surface area contributed by atoms with E-state index in [4.69, 9.17) is 4.74 Å². The Hall–Kier alpha value is -0.500. The monoisotopic (exact) mass is 304 g/mol. The fraction of sp³-hybridized carbons (Fsp3) is 0.750. The van der Waals surface area contributed by atoms with E-state index < -0.39 is 15.6 Å². The molecule has 0 aromatic carbocycles. The molecular weight excluding hydrogens is 284 g/mol. The molecule has 1 fully saturated rings. The Morgan fingerprint density at radius 1 is 1.47 bits per heavy atom. The average Bonchev–Trinajstić information content (AvgIpc) is 2.69. The zero-order chi connectivity index (χ0) is 14.3. The third-order valence-electron chi connectivity index (χ3n) is 3.60. The summed E-state index contributed by atoms with van der Waals surface area (Å²) in [6.07, 6.45) is 0.725. The van der Waals surface area contributed by atoms with Gasteiger partial charge in [0, 0.05) is 6.54 Å². The molecule has 7 heteroatoms. The number of aryl methyl sites for hydroxylation is 2. The maximum atomic E-state index is 12.8. The van der Waals surface area contributed by atoms with Gasteiger partial charge in [0.15, 0.2) is 4.21 Å². The molecule has 1 unspecified atom stereocenters. The summed E-state index contributed by atoms with van der Waals surface area (Å²) in [6.45, 7) is 8.80. The van der Waals surface area contributed by atoms with Crippen LogP contribution in [0, 0.1) is 13.8 Å². The molecule has 19 heavy (non-hydrogen) atoms. The van der Waals surface area contributed by atoms with Crippen LogP contribution in [0.4, 0.5) is 0 Å². The summed E-state index contributed by atoms with van der Waals surface area (Å²) in [5.74, 6) is 0. The van der Waals surface area contributed by atoms with Gasteiger partial charge in [-0.1, -0.05) is 6.92 Å². The Bertz CT molecular complexity index is 568. The second kappa shape index (κ2) is 5.12. The lowest BCUT2D eigenvalue weighted by atomic mass is 9.99. The minimum atomic E-state index is -3.48. The largest absolute Gasteiger partial charge is 0.378 e. The van der Waals surface area contributed by atoms with Crippen molar-refractivity contribution in [1.29, 1.82) is 0 Å². The second-order valence-electron chi connectivity index (χ2n) is 5.09. The van der Waals surface area contributed by atoms with Gasteiger partial charge in [-0.25, -0.2) is 13.4 Å². The third kappa shape index (κ3) is 2.56. The first-order valence-corrected chi connectivity index (χ1v) is 8.61. The van der Waals surface area contributed by atoms with Gasteiger partial charge in [0.1, 0.15) is 0 Å². The van der Waals surface area contributed by atoms with Gasteiger partial charge in [0.25, 0.3) is 10.0 Å². The average molecular weight is 304 g/mol. The van der Waals surface area contributed by atoms with Gasteiger partial charge in [-0.2, -0.15) is 4.31 Å². The fourth-order valence-corrected chi connectivity index (χ4v) is 5.72. The highest BCUT2D eigenvalue weighted by molar-refractivity contribution is 7.91. The number of hydrogen-bond donors (Lipinski definition) is 0. The smallest absolute Gasteiger partial charge is 0.255 e. The van der Waals surface area contributed by atoms with Crippen molar-refractivity contribution in [1.82, 2.24) is 9.29 Å². The van der Waals surface area contributed by atoms with Gasteiger partial charge >= 0.3 is 0 Å². The number of rotatable bonds is 3. The molecule has 1 atom stereocenters. The summed E-state index contributed by atoms with van der Waals surface area (Å²) in [5.41, 5.74) is 0.119. The van der Waals surface area contributed by atoms with Crippen LogP contribution in [0.15, 0.2) is 4.21 Å². The highest BCUT2D eigenvalue weighted by Gasteiger charge is 2.43. The number of ether oxygens (including phenoxy) is 1. The molecule has 0 N–H and O–H groups in total. The topological polar surface area (TPSA) is 59.5 Å². The zero-order valence-electron chi connectivity index (χ0n) is 11.8. The molecule has 0 saturated carbocycles.